The Hall–Kier alpha value is -1.06. The zero-order chi connectivity index (χ0) is 13.6. The van der Waals surface area contributed by atoms with Crippen LogP contribution in [0, 0.1) is 5.41 Å². The Kier molecular flexibility index (Phi) is 5.23. The van der Waals surface area contributed by atoms with E-state index in [-0.39, 0.29) is 0 Å². The number of hydrogen-bond donors (Lipinski definition) is 2. The molecule has 0 atom stereocenters. The van der Waals surface area contributed by atoms with E-state index >= 15 is 0 Å². The highest BCUT2D eigenvalue weighted by molar-refractivity contribution is 5.39. The Morgan fingerprint density at radius 3 is 2.53 bits per heavy atom. The zero-order valence-electron chi connectivity index (χ0n) is 12.0. The van der Waals surface area contributed by atoms with Crippen LogP contribution in [0.4, 0.5) is 5.69 Å². The summed E-state index contributed by atoms with van der Waals surface area (Å²) in [5.74, 6) is 0. The lowest BCUT2D eigenvalue weighted by Crippen LogP contribution is -2.39. The summed E-state index contributed by atoms with van der Waals surface area (Å²) >= 11 is 0. The molecule has 106 valence electrons. The monoisotopic (exact) mass is 262 g/mol. The van der Waals surface area contributed by atoms with Gasteiger partial charge in [-0.05, 0) is 55.3 Å². The fourth-order valence-electron chi connectivity index (χ4n) is 2.73. The maximum absolute atomic E-state index is 5.69. The Bertz CT molecular complexity index is 369. The van der Waals surface area contributed by atoms with E-state index in [1.165, 1.54) is 24.8 Å². The summed E-state index contributed by atoms with van der Waals surface area (Å²) in [6, 6.07) is 8.17. The summed E-state index contributed by atoms with van der Waals surface area (Å²) in [5, 5.41) is 3.62. The molecule has 0 spiro atoms. The number of rotatable bonds is 6. The molecule has 0 aliphatic carbocycles. The minimum Gasteiger partial charge on any atom is -0.399 e. The molecular formula is C16H26N2O. The van der Waals surface area contributed by atoms with Gasteiger partial charge in [0, 0.05) is 25.4 Å². The summed E-state index contributed by atoms with van der Waals surface area (Å²) < 4.78 is 5.47. The van der Waals surface area contributed by atoms with E-state index in [4.69, 9.17) is 10.5 Å². The number of anilines is 1. The van der Waals surface area contributed by atoms with Crippen LogP contribution in [-0.2, 0) is 11.2 Å². The van der Waals surface area contributed by atoms with Crippen molar-refractivity contribution in [3.05, 3.63) is 29.8 Å². The van der Waals surface area contributed by atoms with Gasteiger partial charge >= 0.3 is 0 Å². The van der Waals surface area contributed by atoms with Crippen molar-refractivity contribution < 1.29 is 4.74 Å². The van der Waals surface area contributed by atoms with Gasteiger partial charge in [0.1, 0.15) is 0 Å². The number of nitrogens with two attached hydrogens (primary N) is 1. The van der Waals surface area contributed by atoms with Crippen LogP contribution >= 0.6 is 0 Å². The lowest BCUT2D eigenvalue weighted by atomic mass is 9.78. The van der Waals surface area contributed by atoms with Crippen molar-refractivity contribution in [1.29, 1.82) is 0 Å². The molecule has 3 heteroatoms. The molecule has 1 aromatic rings. The van der Waals surface area contributed by atoms with Gasteiger partial charge in [-0.3, -0.25) is 0 Å². The Morgan fingerprint density at radius 2 is 1.89 bits per heavy atom. The predicted octanol–water partition coefficient (Wildman–Crippen LogP) is 2.61. The van der Waals surface area contributed by atoms with E-state index in [0.29, 0.717) is 5.41 Å². The largest absolute Gasteiger partial charge is 0.399 e. The van der Waals surface area contributed by atoms with Gasteiger partial charge in [0.15, 0.2) is 0 Å². The molecule has 0 unspecified atom stereocenters. The highest BCUT2D eigenvalue weighted by Gasteiger charge is 2.29. The van der Waals surface area contributed by atoms with Crippen LogP contribution in [0.25, 0.3) is 0 Å². The first-order valence-electron chi connectivity index (χ1n) is 7.37. The van der Waals surface area contributed by atoms with Gasteiger partial charge in [-0.25, -0.2) is 0 Å². The van der Waals surface area contributed by atoms with E-state index in [1.807, 2.05) is 12.1 Å². The molecule has 0 bridgehead atoms. The third kappa shape index (κ3) is 4.22. The van der Waals surface area contributed by atoms with Crippen LogP contribution in [0.5, 0.6) is 0 Å². The van der Waals surface area contributed by atoms with Crippen molar-refractivity contribution in [1.82, 2.24) is 5.32 Å². The van der Waals surface area contributed by atoms with Gasteiger partial charge in [-0.1, -0.05) is 19.1 Å². The van der Waals surface area contributed by atoms with Gasteiger partial charge < -0.3 is 15.8 Å². The summed E-state index contributed by atoms with van der Waals surface area (Å²) in [5.41, 5.74) is 8.33. The van der Waals surface area contributed by atoms with Crippen molar-refractivity contribution in [3.8, 4) is 0 Å². The van der Waals surface area contributed by atoms with Gasteiger partial charge in [-0.15, -0.1) is 0 Å². The first kappa shape index (κ1) is 14.4. The third-order valence-corrected chi connectivity index (χ3v) is 4.37. The second-order valence-corrected chi connectivity index (χ2v) is 5.63. The van der Waals surface area contributed by atoms with Crippen molar-refractivity contribution >= 4 is 5.69 Å². The number of hydrogen-bond acceptors (Lipinski definition) is 3. The maximum atomic E-state index is 5.69. The average molecular weight is 262 g/mol. The number of nitrogen functional groups attached to an aromatic ring is 1. The minimum atomic E-state index is 0.458. The van der Waals surface area contributed by atoms with Gasteiger partial charge in [0.2, 0.25) is 0 Å². The molecule has 3 N–H and O–H groups in total. The van der Waals surface area contributed by atoms with E-state index < -0.39 is 0 Å². The van der Waals surface area contributed by atoms with Crippen molar-refractivity contribution in [2.75, 3.05) is 32.0 Å². The second-order valence-electron chi connectivity index (χ2n) is 5.63. The molecule has 3 nitrogen and oxygen atoms in total. The minimum absolute atomic E-state index is 0.458. The molecule has 2 rings (SSSR count). The molecular weight excluding hydrogens is 236 g/mol. The van der Waals surface area contributed by atoms with E-state index in [9.17, 15) is 0 Å². The van der Waals surface area contributed by atoms with Crippen LogP contribution in [0.1, 0.15) is 31.7 Å². The molecule has 1 saturated heterocycles. The molecule has 0 amide bonds. The fourth-order valence-corrected chi connectivity index (χ4v) is 2.73. The average Bonchev–Trinajstić information content (AvgIpc) is 2.46. The lowest BCUT2D eigenvalue weighted by molar-refractivity contribution is 0.0130. The molecule has 0 saturated carbocycles. The number of nitrogens with one attached hydrogen (secondary N) is 1. The van der Waals surface area contributed by atoms with E-state index in [2.05, 4.69) is 24.4 Å². The van der Waals surface area contributed by atoms with Crippen LogP contribution in [0.15, 0.2) is 24.3 Å². The topological polar surface area (TPSA) is 47.3 Å². The predicted molar refractivity (Wildman–Crippen MR) is 80.2 cm³/mol. The molecule has 19 heavy (non-hydrogen) atoms. The number of benzene rings is 1. The quantitative estimate of drug-likeness (QED) is 0.612. The normalized spacial score (nSPS) is 18.4. The summed E-state index contributed by atoms with van der Waals surface area (Å²) in [4.78, 5) is 0. The van der Waals surface area contributed by atoms with Crippen molar-refractivity contribution in [2.45, 2.75) is 32.6 Å². The lowest BCUT2D eigenvalue weighted by Gasteiger charge is -2.36. The highest BCUT2D eigenvalue weighted by atomic mass is 16.5. The molecule has 0 radical (unpaired) electrons. The van der Waals surface area contributed by atoms with Gasteiger partial charge in [-0.2, -0.15) is 0 Å². The SMILES string of the molecule is CCC1(CNCCc2ccc(N)cc2)CCOCC1. The molecule has 1 aliphatic rings. The van der Waals surface area contributed by atoms with Crippen molar-refractivity contribution in [2.24, 2.45) is 5.41 Å². The Morgan fingerprint density at radius 1 is 1.21 bits per heavy atom. The Balaban J connectivity index is 1.72. The fraction of sp³-hybridized carbons (Fsp3) is 0.625. The van der Waals surface area contributed by atoms with E-state index in [1.54, 1.807) is 0 Å². The van der Waals surface area contributed by atoms with Crippen LogP contribution in [0.2, 0.25) is 0 Å². The summed E-state index contributed by atoms with van der Waals surface area (Å²) in [7, 11) is 0. The van der Waals surface area contributed by atoms with Gasteiger partial charge in [0.25, 0.3) is 0 Å². The van der Waals surface area contributed by atoms with Crippen LogP contribution in [0.3, 0.4) is 0 Å². The number of ether oxygens (including phenoxy) is 1. The van der Waals surface area contributed by atoms with Crippen LogP contribution < -0.4 is 11.1 Å². The standard InChI is InChI=1S/C16H26N2O/c1-2-16(8-11-19-12-9-16)13-18-10-7-14-3-5-15(17)6-4-14/h3-6,18H,2,7-13,17H2,1H3. The smallest absolute Gasteiger partial charge is 0.0471 e. The second kappa shape index (κ2) is 6.92. The third-order valence-electron chi connectivity index (χ3n) is 4.37. The first-order valence-corrected chi connectivity index (χ1v) is 7.37. The van der Waals surface area contributed by atoms with E-state index in [0.717, 1.165) is 38.4 Å². The first-order chi connectivity index (χ1) is 9.24. The van der Waals surface area contributed by atoms with Gasteiger partial charge in [0.05, 0.1) is 0 Å². The summed E-state index contributed by atoms with van der Waals surface area (Å²) in [6.45, 7) is 6.29. The van der Waals surface area contributed by atoms with Crippen LogP contribution in [-0.4, -0.2) is 26.3 Å². The molecule has 1 heterocycles. The molecule has 0 aromatic heterocycles. The zero-order valence-corrected chi connectivity index (χ0v) is 12.0. The molecule has 1 fully saturated rings. The molecule has 1 aliphatic heterocycles. The highest BCUT2D eigenvalue weighted by Crippen LogP contribution is 2.33. The van der Waals surface area contributed by atoms with Crippen molar-refractivity contribution in [3.63, 3.8) is 0 Å². The summed E-state index contributed by atoms with van der Waals surface area (Å²) in [6.07, 6.45) is 4.69. The Labute approximate surface area is 116 Å². The maximum Gasteiger partial charge on any atom is 0.0471 e. The molecule has 1 aromatic carbocycles.